The molecule has 6 heteroatoms. The summed E-state index contributed by atoms with van der Waals surface area (Å²) in [5.74, 6) is 0. The lowest BCUT2D eigenvalue weighted by Crippen LogP contribution is -2.61. The average Bonchev–Trinajstić information content (AvgIpc) is 2.70. The predicted molar refractivity (Wildman–Crippen MR) is 86.6 cm³/mol. The molecule has 1 atom stereocenters. The Bertz CT molecular complexity index is 645. The second kappa shape index (κ2) is 4.99. The van der Waals surface area contributed by atoms with Crippen LogP contribution in [0.3, 0.4) is 0 Å². The molecule has 118 valence electrons. The standard InChI is InChI=1S/C16H20N2O3S/c1-15(2,3)22(21)17-13-12-7-5-4-6-11(12)8-16(13)9-18(10-16)14(19)20/h4-7H,8-10H2,1-3H3,(H,19,20). The van der Waals surface area contributed by atoms with Crippen LogP contribution < -0.4 is 0 Å². The number of hydrogen-bond donors (Lipinski definition) is 1. The quantitative estimate of drug-likeness (QED) is 0.808. The van der Waals surface area contributed by atoms with Crippen molar-refractivity contribution >= 4 is 23.2 Å². The number of hydrogen-bond acceptors (Lipinski definition) is 3. The lowest BCUT2D eigenvalue weighted by Gasteiger charge is -2.46. The third kappa shape index (κ3) is 2.40. The van der Waals surface area contributed by atoms with Crippen LogP contribution in [0.2, 0.25) is 0 Å². The molecule has 1 amide bonds. The Kier molecular flexibility index (Phi) is 3.49. The Hall–Kier alpha value is -1.53. The van der Waals surface area contributed by atoms with E-state index in [2.05, 4.69) is 4.40 Å². The van der Waals surface area contributed by atoms with Crippen LogP contribution in [0.25, 0.3) is 0 Å². The summed E-state index contributed by atoms with van der Waals surface area (Å²) in [7, 11) is 0. The summed E-state index contributed by atoms with van der Waals surface area (Å²) in [5, 5.41) is 9.12. The summed E-state index contributed by atoms with van der Waals surface area (Å²) < 4.78 is 16.6. The number of carboxylic acid groups (broad SMARTS) is 1. The molecule has 1 aliphatic carbocycles. The summed E-state index contributed by atoms with van der Waals surface area (Å²) in [4.78, 5) is 12.5. The SMILES string of the molecule is CC(C)(C)[S+]([O-])N=C1c2ccccc2CC12CN(C(=O)O)C2. The first kappa shape index (κ1) is 15.4. The van der Waals surface area contributed by atoms with Gasteiger partial charge < -0.3 is 14.6 Å². The van der Waals surface area contributed by atoms with Crippen LogP contribution in [0.5, 0.6) is 0 Å². The maximum atomic E-state index is 12.5. The summed E-state index contributed by atoms with van der Waals surface area (Å²) in [6, 6.07) is 7.96. The highest BCUT2D eigenvalue weighted by Gasteiger charge is 2.54. The van der Waals surface area contributed by atoms with E-state index in [0.717, 1.165) is 23.3 Å². The minimum absolute atomic E-state index is 0.303. The zero-order valence-corrected chi connectivity index (χ0v) is 13.8. The minimum Gasteiger partial charge on any atom is -0.591 e. The molecule has 0 radical (unpaired) electrons. The van der Waals surface area contributed by atoms with Crippen LogP contribution in [0.15, 0.2) is 28.7 Å². The van der Waals surface area contributed by atoms with E-state index in [1.54, 1.807) is 0 Å². The van der Waals surface area contributed by atoms with E-state index in [-0.39, 0.29) is 5.41 Å². The molecule has 2 aliphatic rings. The van der Waals surface area contributed by atoms with Crippen LogP contribution in [0.1, 0.15) is 31.9 Å². The Morgan fingerprint density at radius 1 is 1.36 bits per heavy atom. The first-order chi connectivity index (χ1) is 10.2. The summed E-state index contributed by atoms with van der Waals surface area (Å²) in [5.41, 5.74) is 2.69. The van der Waals surface area contributed by atoms with Gasteiger partial charge in [-0.05, 0) is 32.8 Å². The maximum Gasteiger partial charge on any atom is 0.407 e. The number of benzene rings is 1. The summed E-state index contributed by atoms with van der Waals surface area (Å²) in [6.07, 6.45) is -0.134. The van der Waals surface area contributed by atoms with E-state index >= 15 is 0 Å². The van der Waals surface area contributed by atoms with Gasteiger partial charge in [-0.15, -0.1) is 0 Å². The summed E-state index contributed by atoms with van der Waals surface area (Å²) in [6.45, 7) is 6.54. The van der Waals surface area contributed by atoms with E-state index in [9.17, 15) is 9.35 Å². The predicted octanol–water partition coefficient (Wildman–Crippen LogP) is 2.47. The monoisotopic (exact) mass is 320 g/mol. The van der Waals surface area contributed by atoms with Gasteiger partial charge in [0.25, 0.3) is 0 Å². The Morgan fingerprint density at radius 3 is 2.59 bits per heavy atom. The second-order valence-electron chi connectivity index (χ2n) is 7.05. The number of carbonyl (C=O) groups is 1. The molecule has 3 rings (SSSR count). The minimum atomic E-state index is -1.35. The van der Waals surface area contributed by atoms with Gasteiger partial charge in [0.1, 0.15) is 21.8 Å². The van der Waals surface area contributed by atoms with Gasteiger partial charge >= 0.3 is 6.09 Å². The van der Waals surface area contributed by atoms with Gasteiger partial charge in [-0.1, -0.05) is 28.7 Å². The van der Waals surface area contributed by atoms with Gasteiger partial charge in [0.15, 0.2) is 0 Å². The molecular formula is C16H20N2O3S. The molecule has 1 aromatic carbocycles. The highest BCUT2D eigenvalue weighted by atomic mass is 32.2. The number of nitrogens with zero attached hydrogens (tertiary/aromatic N) is 2. The van der Waals surface area contributed by atoms with Crippen molar-refractivity contribution in [2.45, 2.75) is 31.9 Å². The fraction of sp³-hybridized carbons (Fsp3) is 0.500. The molecule has 0 bridgehead atoms. The van der Waals surface area contributed by atoms with Gasteiger partial charge in [-0.25, -0.2) is 4.79 Å². The third-order valence-corrected chi connectivity index (χ3v) is 5.66. The van der Waals surface area contributed by atoms with Crippen molar-refractivity contribution in [3.05, 3.63) is 35.4 Å². The Balaban J connectivity index is 1.99. The van der Waals surface area contributed by atoms with Crippen molar-refractivity contribution in [2.75, 3.05) is 13.1 Å². The fourth-order valence-electron chi connectivity index (χ4n) is 3.09. The molecule has 1 heterocycles. The molecule has 1 fully saturated rings. The van der Waals surface area contributed by atoms with Crippen molar-refractivity contribution in [3.8, 4) is 0 Å². The van der Waals surface area contributed by atoms with E-state index in [1.807, 2.05) is 45.0 Å². The number of likely N-dealkylation sites (tertiary alicyclic amines) is 1. The first-order valence-corrected chi connectivity index (χ1v) is 8.41. The molecular weight excluding hydrogens is 300 g/mol. The van der Waals surface area contributed by atoms with Gasteiger partial charge in [0.2, 0.25) is 0 Å². The smallest absolute Gasteiger partial charge is 0.407 e. The first-order valence-electron chi connectivity index (χ1n) is 7.30. The van der Waals surface area contributed by atoms with Crippen molar-refractivity contribution in [1.82, 2.24) is 4.90 Å². The molecule has 5 nitrogen and oxygen atoms in total. The normalized spacial score (nSPS) is 22.5. The molecule has 1 aliphatic heterocycles. The molecule has 1 spiro atoms. The largest absolute Gasteiger partial charge is 0.591 e. The average molecular weight is 320 g/mol. The van der Waals surface area contributed by atoms with Gasteiger partial charge in [0.05, 0.1) is 5.41 Å². The number of fused-ring (bicyclic) bond motifs is 1. The zero-order chi connectivity index (χ0) is 16.1. The number of amides is 1. The van der Waals surface area contributed by atoms with E-state index in [1.165, 1.54) is 4.90 Å². The topological polar surface area (TPSA) is 76.0 Å². The van der Waals surface area contributed by atoms with Crippen LogP contribution >= 0.6 is 0 Å². The molecule has 1 saturated heterocycles. The van der Waals surface area contributed by atoms with Gasteiger partial charge in [0, 0.05) is 18.7 Å². The molecule has 1 N–H and O–H groups in total. The van der Waals surface area contributed by atoms with Crippen molar-refractivity contribution < 1.29 is 14.5 Å². The van der Waals surface area contributed by atoms with Gasteiger partial charge in [-0.3, -0.25) is 0 Å². The molecule has 1 aromatic rings. The number of rotatable bonds is 1. The van der Waals surface area contributed by atoms with E-state index < -0.39 is 22.2 Å². The second-order valence-corrected chi connectivity index (χ2v) is 8.96. The highest BCUT2D eigenvalue weighted by molar-refractivity contribution is 7.91. The maximum absolute atomic E-state index is 12.5. The Labute approximate surface area is 133 Å². The van der Waals surface area contributed by atoms with Crippen molar-refractivity contribution in [1.29, 1.82) is 0 Å². The van der Waals surface area contributed by atoms with Crippen LogP contribution in [-0.2, 0) is 17.8 Å². The third-order valence-electron chi connectivity index (χ3n) is 4.26. The van der Waals surface area contributed by atoms with Crippen LogP contribution in [-0.4, -0.2) is 44.2 Å². The van der Waals surface area contributed by atoms with Crippen LogP contribution in [0, 0.1) is 5.41 Å². The molecule has 0 aromatic heterocycles. The fourth-order valence-corrected chi connectivity index (χ4v) is 3.82. The van der Waals surface area contributed by atoms with Crippen LogP contribution in [0.4, 0.5) is 4.79 Å². The van der Waals surface area contributed by atoms with Crippen molar-refractivity contribution in [3.63, 3.8) is 0 Å². The summed E-state index contributed by atoms with van der Waals surface area (Å²) >= 11 is -1.35. The lowest BCUT2D eigenvalue weighted by atomic mass is 9.76. The van der Waals surface area contributed by atoms with Gasteiger partial charge in [-0.2, -0.15) is 0 Å². The Morgan fingerprint density at radius 2 is 2.00 bits per heavy atom. The van der Waals surface area contributed by atoms with E-state index in [4.69, 9.17) is 5.11 Å². The molecule has 22 heavy (non-hydrogen) atoms. The molecule has 1 unspecified atom stereocenters. The van der Waals surface area contributed by atoms with Crippen molar-refractivity contribution in [2.24, 2.45) is 9.81 Å². The lowest BCUT2D eigenvalue weighted by molar-refractivity contribution is 0.0564. The molecule has 0 saturated carbocycles. The highest BCUT2D eigenvalue weighted by Crippen LogP contribution is 2.45. The zero-order valence-electron chi connectivity index (χ0n) is 13.0. The van der Waals surface area contributed by atoms with E-state index in [0.29, 0.717) is 13.1 Å².